The van der Waals surface area contributed by atoms with E-state index in [1.165, 1.54) is 16.7 Å². The molecular weight excluding hydrogens is 508 g/mol. The molecule has 0 fully saturated rings. The Morgan fingerprint density at radius 1 is 1.00 bits per heavy atom. The Labute approximate surface area is 226 Å². The van der Waals surface area contributed by atoms with E-state index in [9.17, 15) is 9.59 Å². The zero-order valence-electron chi connectivity index (χ0n) is 20.8. The third-order valence-corrected chi connectivity index (χ3v) is 6.94. The molecule has 192 valence electrons. The van der Waals surface area contributed by atoms with Crippen LogP contribution in [0.5, 0.6) is 11.5 Å². The predicted octanol–water partition coefficient (Wildman–Crippen LogP) is 5.98. The van der Waals surface area contributed by atoms with Crippen molar-refractivity contribution in [3.05, 3.63) is 87.8 Å². The molecule has 0 radical (unpaired) electrons. The van der Waals surface area contributed by atoms with Crippen molar-refractivity contribution in [3.63, 3.8) is 0 Å². The molecule has 4 rings (SSSR count). The minimum atomic E-state index is -0.229. The summed E-state index contributed by atoms with van der Waals surface area (Å²) in [6, 6.07) is 20.7. The summed E-state index contributed by atoms with van der Waals surface area (Å²) in [4.78, 5) is 29.3. The zero-order chi connectivity index (χ0) is 26.2. The molecule has 0 spiro atoms. The molecule has 0 atom stereocenters. The van der Waals surface area contributed by atoms with Gasteiger partial charge in [0.1, 0.15) is 6.54 Å². The highest BCUT2D eigenvalue weighted by atomic mass is 35.5. The average Bonchev–Trinajstić information content (AvgIpc) is 2.88. The van der Waals surface area contributed by atoms with E-state index in [-0.39, 0.29) is 18.4 Å². The van der Waals surface area contributed by atoms with Crippen LogP contribution < -0.4 is 19.7 Å². The number of amides is 2. The van der Waals surface area contributed by atoms with Gasteiger partial charge >= 0.3 is 0 Å². The first kappa shape index (κ1) is 26.6. The smallest absolute Gasteiger partial charge is 0.265 e. The van der Waals surface area contributed by atoms with Crippen LogP contribution in [0.15, 0.2) is 76.5 Å². The van der Waals surface area contributed by atoms with Crippen LogP contribution >= 0.6 is 23.4 Å². The van der Waals surface area contributed by atoms with E-state index in [4.69, 9.17) is 21.1 Å². The maximum Gasteiger partial charge on any atom is 0.265 e. The number of carbonyl (C=O) groups excluding carboxylic acids is 2. The number of halogens is 1. The summed E-state index contributed by atoms with van der Waals surface area (Å²) in [6.45, 7) is 5.31. The minimum absolute atomic E-state index is 0.0727. The first-order chi connectivity index (χ1) is 18.0. The van der Waals surface area contributed by atoms with Gasteiger partial charge in [0.25, 0.3) is 5.91 Å². The number of para-hydroxylation sites is 1. The molecule has 1 heterocycles. The van der Waals surface area contributed by atoms with Crippen molar-refractivity contribution in [3.8, 4) is 11.5 Å². The van der Waals surface area contributed by atoms with E-state index in [2.05, 4.69) is 5.32 Å². The molecule has 0 saturated carbocycles. The molecule has 3 aromatic rings. The van der Waals surface area contributed by atoms with Gasteiger partial charge in [0, 0.05) is 16.5 Å². The highest BCUT2D eigenvalue weighted by Gasteiger charge is 2.30. The molecule has 3 aromatic carbocycles. The number of benzene rings is 3. The van der Waals surface area contributed by atoms with Crippen LogP contribution in [0.4, 0.5) is 5.69 Å². The molecule has 1 aliphatic heterocycles. The number of nitrogens with zero attached hydrogens (tertiary/aromatic N) is 1. The Kier molecular flexibility index (Phi) is 9.14. The summed E-state index contributed by atoms with van der Waals surface area (Å²) in [5.74, 6) is 0.957. The molecule has 0 aromatic heterocycles. The third kappa shape index (κ3) is 6.87. The Hall–Kier alpha value is -3.42. The monoisotopic (exact) mass is 536 g/mol. The molecule has 0 aliphatic carbocycles. The van der Waals surface area contributed by atoms with Gasteiger partial charge in [-0.3, -0.25) is 14.5 Å². The van der Waals surface area contributed by atoms with Gasteiger partial charge in [0.15, 0.2) is 11.5 Å². The fourth-order valence-corrected chi connectivity index (χ4v) is 5.22. The van der Waals surface area contributed by atoms with Gasteiger partial charge in [-0.1, -0.05) is 53.7 Å². The van der Waals surface area contributed by atoms with E-state index in [1.807, 2.05) is 74.5 Å². The Balaban J connectivity index is 1.43. The Morgan fingerprint density at radius 2 is 1.78 bits per heavy atom. The van der Waals surface area contributed by atoms with Crippen molar-refractivity contribution in [2.45, 2.75) is 25.2 Å². The van der Waals surface area contributed by atoms with Crippen molar-refractivity contribution in [1.29, 1.82) is 0 Å². The van der Waals surface area contributed by atoms with Crippen LogP contribution in [0.2, 0.25) is 5.02 Å². The molecule has 0 saturated heterocycles. The topological polar surface area (TPSA) is 67.9 Å². The number of nitrogens with one attached hydrogen (secondary N) is 1. The second-order valence-corrected chi connectivity index (χ2v) is 9.79. The van der Waals surface area contributed by atoms with Crippen LogP contribution in [-0.2, 0) is 16.0 Å². The molecule has 6 nitrogen and oxygen atoms in total. The van der Waals surface area contributed by atoms with Gasteiger partial charge in [-0.15, -0.1) is 0 Å². The van der Waals surface area contributed by atoms with E-state index in [0.717, 1.165) is 21.7 Å². The molecule has 0 bridgehead atoms. The van der Waals surface area contributed by atoms with E-state index >= 15 is 0 Å². The quantitative estimate of drug-likeness (QED) is 0.323. The second-order valence-electron chi connectivity index (χ2n) is 8.27. The van der Waals surface area contributed by atoms with Crippen molar-refractivity contribution in [2.24, 2.45) is 0 Å². The van der Waals surface area contributed by atoms with Crippen molar-refractivity contribution >= 4 is 46.9 Å². The number of thioether (sulfide) groups is 1. The summed E-state index contributed by atoms with van der Waals surface area (Å²) in [5.41, 5.74) is 2.58. The fourth-order valence-electron chi connectivity index (χ4n) is 3.96. The SMILES string of the molecule is CCOc1ccc(CCNC(=O)CN2C(=O)/C(=C/c3cccc(Cl)c3)Sc3ccccc32)cc1OCC. The minimum Gasteiger partial charge on any atom is -0.490 e. The Morgan fingerprint density at radius 3 is 2.57 bits per heavy atom. The van der Waals surface area contributed by atoms with Crippen molar-refractivity contribution < 1.29 is 19.1 Å². The number of rotatable bonds is 10. The van der Waals surface area contributed by atoms with Crippen LogP contribution in [-0.4, -0.2) is 38.1 Å². The molecule has 2 amide bonds. The Bertz CT molecular complexity index is 1310. The van der Waals surface area contributed by atoms with Crippen LogP contribution in [0, 0.1) is 0 Å². The maximum absolute atomic E-state index is 13.4. The van der Waals surface area contributed by atoms with Crippen molar-refractivity contribution in [1.82, 2.24) is 5.32 Å². The number of hydrogen-bond donors (Lipinski definition) is 1. The number of anilines is 1. The third-order valence-electron chi connectivity index (χ3n) is 5.62. The van der Waals surface area contributed by atoms with Crippen LogP contribution in [0.3, 0.4) is 0 Å². The molecule has 0 unspecified atom stereocenters. The summed E-state index contributed by atoms with van der Waals surface area (Å²) in [6.07, 6.45) is 2.43. The van der Waals surface area contributed by atoms with Crippen molar-refractivity contribution in [2.75, 3.05) is 31.2 Å². The lowest BCUT2D eigenvalue weighted by molar-refractivity contribution is -0.122. The second kappa shape index (κ2) is 12.7. The maximum atomic E-state index is 13.4. The molecule has 1 N–H and O–H groups in total. The van der Waals surface area contributed by atoms with Gasteiger partial charge in [-0.25, -0.2) is 0 Å². The van der Waals surface area contributed by atoms with Gasteiger partial charge in [0.05, 0.1) is 23.8 Å². The summed E-state index contributed by atoms with van der Waals surface area (Å²) in [5, 5.41) is 3.54. The van der Waals surface area contributed by atoms with E-state index in [1.54, 1.807) is 12.1 Å². The fraction of sp³-hybridized carbons (Fsp3) is 0.241. The van der Waals surface area contributed by atoms with Gasteiger partial charge in [-0.2, -0.15) is 0 Å². The molecular formula is C29H29ClN2O4S. The lowest BCUT2D eigenvalue weighted by Gasteiger charge is -2.29. The van der Waals surface area contributed by atoms with Crippen LogP contribution in [0.1, 0.15) is 25.0 Å². The first-order valence-corrected chi connectivity index (χ1v) is 13.4. The van der Waals surface area contributed by atoms with Crippen LogP contribution in [0.25, 0.3) is 6.08 Å². The molecule has 37 heavy (non-hydrogen) atoms. The number of hydrogen-bond acceptors (Lipinski definition) is 5. The lowest BCUT2D eigenvalue weighted by Crippen LogP contribution is -2.43. The normalized spacial score (nSPS) is 13.9. The highest BCUT2D eigenvalue weighted by molar-refractivity contribution is 8.04. The number of ether oxygens (including phenoxy) is 2. The van der Waals surface area contributed by atoms with E-state index < -0.39 is 0 Å². The standard InChI is InChI=1S/C29H29ClN2O4S/c1-3-35-24-13-12-20(17-25(24)36-4-2)14-15-31-28(33)19-32-23-10-5-6-11-26(23)37-27(29(32)34)18-21-8-7-9-22(30)16-21/h5-13,16-18H,3-4,14-15,19H2,1-2H3,(H,31,33)/b27-18-. The van der Waals surface area contributed by atoms with Gasteiger partial charge < -0.3 is 14.8 Å². The largest absolute Gasteiger partial charge is 0.490 e. The van der Waals surface area contributed by atoms with Gasteiger partial charge in [-0.05, 0) is 73.9 Å². The number of fused-ring (bicyclic) bond motifs is 1. The summed E-state index contributed by atoms with van der Waals surface area (Å²) in [7, 11) is 0. The summed E-state index contributed by atoms with van der Waals surface area (Å²) >= 11 is 7.51. The molecule has 8 heteroatoms. The average molecular weight is 537 g/mol. The van der Waals surface area contributed by atoms with E-state index in [0.29, 0.717) is 47.6 Å². The zero-order valence-corrected chi connectivity index (χ0v) is 22.4. The molecule has 1 aliphatic rings. The lowest BCUT2D eigenvalue weighted by atomic mass is 10.1. The summed E-state index contributed by atoms with van der Waals surface area (Å²) < 4.78 is 11.3. The predicted molar refractivity (Wildman–Crippen MR) is 150 cm³/mol. The number of carbonyl (C=O) groups is 2. The van der Waals surface area contributed by atoms with Gasteiger partial charge in [0.2, 0.25) is 5.91 Å². The highest BCUT2D eigenvalue weighted by Crippen LogP contribution is 2.42. The first-order valence-electron chi connectivity index (χ1n) is 12.2.